The first-order valence-corrected chi connectivity index (χ1v) is 6.27. The maximum Gasteiger partial charge on any atom is 0.416 e. The Bertz CT molecular complexity index is 594. The van der Waals surface area contributed by atoms with E-state index in [1.807, 2.05) is 0 Å². The van der Waals surface area contributed by atoms with Gasteiger partial charge >= 0.3 is 6.18 Å². The van der Waals surface area contributed by atoms with Gasteiger partial charge in [-0.15, -0.1) is 0 Å². The van der Waals surface area contributed by atoms with Crippen LogP contribution >= 0.6 is 11.6 Å². The van der Waals surface area contributed by atoms with Gasteiger partial charge in [0.2, 0.25) is 0 Å². The number of hydrogen-bond acceptors (Lipinski definition) is 2. The van der Waals surface area contributed by atoms with Crippen molar-refractivity contribution in [2.75, 3.05) is 5.32 Å². The third-order valence-electron chi connectivity index (χ3n) is 2.82. The van der Waals surface area contributed by atoms with Crippen molar-refractivity contribution in [2.45, 2.75) is 19.6 Å². The Labute approximate surface area is 119 Å². The first-order chi connectivity index (χ1) is 9.36. The molecule has 2 rings (SSSR count). The summed E-state index contributed by atoms with van der Waals surface area (Å²) < 4.78 is 37.3. The van der Waals surface area contributed by atoms with E-state index in [2.05, 4.69) is 10.3 Å². The molecule has 0 saturated carbocycles. The van der Waals surface area contributed by atoms with Crippen LogP contribution < -0.4 is 5.32 Å². The molecule has 20 heavy (non-hydrogen) atoms. The molecule has 1 aromatic heterocycles. The van der Waals surface area contributed by atoms with Crippen LogP contribution in [0.1, 0.15) is 16.8 Å². The summed E-state index contributed by atoms with van der Waals surface area (Å²) in [6.07, 6.45) is -4.30. The van der Waals surface area contributed by atoms with Crippen molar-refractivity contribution in [3.05, 3.63) is 58.4 Å². The van der Waals surface area contributed by atoms with E-state index in [1.165, 1.54) is 12.1 Å². The molecule has 1 aromatic carbocycles. The molecule has 0 aliphatic rings. The van der Waals surface area contributed by atoms with Crippen LogP contribution in [0.5, 0.6) is 0 Å². The number of hydrogen-bond donors (Lipinski definition) is 1. The smallest absolute Gasteiger partial charge is 0.380 e. The number of rotatable bonds is 3. The van der Waals surface area contributed by atoms with Crippen molar-refractivity contribution < 1.29 is 13.2 Å². The molecule has 1 N–H and O–H groups in total. The summed E-state index contributed by atoms with van der Waals surface area (Å²) in [6.45, 7) is 2.23. The molecule has 0 radical (unpaired) electrons. The predicted molar refractivity (Wildman–Crippen MR) is 72.8 cm³/mol. The monoisotopic (exact) mass is 300 g/mol. The molecule has 2 nitrogen and oxygen atoms in total. The molecule has 2 aromatic rings. The minimum Gasteiger partial charge on any atom is -0.380 e. The molecule has 0 fully saturated rings. The summed E-state index contributed by atoms with van der Waals surface area (Å²) >= 11 is 5.75. The fourth-order valence-electron chi connectivity index (χ4n) is 1.73. The number of pyridine rings is 1. The van der Waals surface area contributed by atoms with Crippen LogP contribution in [0.2, 0.25) is 5.15 Å². The maximum atomic E-state index is 12.4. The summed E-state index contributed by atoms with van der Waals surface area (Å²) in [5.74, 6) is 0. The first kappa shape index (κ1) is 14.7. The quantitative estimate of drug-likeness (QED) is 0.833. The van der Waals surface area contributed by atoms with Crippen molar-refractivity contribution in [3.63, 3.8) is 0 Å². The molecule has 6 heteroatoms. The number of aromatic nitrogens is 1. The van der Waals surface area contributed by atoms with E-state index < -0.39 is 11.7 Å². The fraction of sp³-hybridized carbons (Fsp3) is 0.214. The van der Waals surface area contributed by atoms with E-state index in [4.69, 9.17) is 11.6 Å². The number of nitrogens with one attached hydrogen (secondary N) is 1. The molecule has 0 atom stereocenters. The normalized spacial score (nSPS) is 11.4. The van der Waals surface area contributed by atoms with Crippen molar-refractivity contribution in [1.29, 1.82) is 0 Å². The highest BCUT2D eigenvalue weighted by Crippen LogP contribution is 2.29. The zero-order valence-corrected chi connectivity index (χ0v) is 11.4. The zero-order chi connectivity index (χ0) is 14.8. The van der Waals surface area contributed by atoms with Gasteiger partial charge < -0.3 is 5.32 Å². The number of benzene rings is 1. The highest BCUT2D eigenvalue weighted by molar-refractivity contribution is 6.29. The maximum absolute atomic E-state index is 12.4. The Morgan fingerprint density at radius 2 is 1.75 bits per heavy atom. The summed E-state index contributed by atoms with van der Waals surface area (Å²) in [4.78, 5) is 4.09. The summed E-state index contributed by atoms with van der Waals surface area (Å²) in [7, 11) is 0. The average molecular weight is 301 g/mol. The lowest BCUT2D eigenvalue weighted by molar-refractivity contribution is -0.137. The Hall–Kier alpha value is -1.75. The lowest BCUT2D eigenvalue weighted by Gasteiger charge is -2.10. The standard InChI is InChI=1S/C14H12ClF3N2/c1-9-12(6-7-13(15)20-9)19-8-10-2-4-11(5-3-10)14(16,17)18/h2-7,19H,8H2,1H3. The van der Waals surface area contributed by atoms with Gasteiger partial charge in [-0.3, -0.25) is 0 Å². The van der Waals surface area contributed by atoms with E-state index in [-0.39, 0.29) is 0 Å². The van der Waals surface area contributed by atoms with Crippen molar-refractivity contribution >= 4 is 17.3 Å². The Morgan fingerprint density at radius 1 is 1.10 bits per heavy atom. The van der Waals surface area contributed by atoms with Crippen LogP contribution in [0.3, 0.4) is 0 Å². The molecule has 0 aliphatic carbocycles. The van der Waals surface area contributed by atoms with Gasteiger partial charge in [-0.25, -0.2) is 4.98 Å². The number of nitrogens with zero attached hydrogens (tertiary/aromatic N) is 1. The van der Waals surface area contributed by atoms with Crippen LogP contribution in [0.25, 0.3) is 0 Å². The molecule has 1 heterocycles. The molecular weight excluding hydrogens is 289 g/mol. The summed E-state index contributed by atoms with van der Waals surface area (Å²) in [5.41, 5.74) is 1.65. The molecule has 106 valence electrons. The van der Waals surface area contributed by atoms with E-state index in [0.717, 1.165) is 29.1 Å². The topological polar surface area (TPSA) is 24.9 Å². The van der Waals surface area contributed by atoms with Crippen LogP contribution in [0.4, 0.5) is 18.9 Å². The van der Waals surface area contributed by atoms with Crippen LogP contribution in [0.15, 0.2) is 36.4 Å². The molecule has 0 bridgehead atoms. The van der Waals surface area contributed by atoms with Gasteiger partial charge in [-0.05, 0) is 36.8 Å². The van der Waals surface area contributed by atoms with Crippen molar-refractivity contribution in [3.8, 4) is 0 Å². The second kappa shape index (κ2) is 5.71. The van der Waals surface area contributed by atoms with Gasteiger partial charge in [0, 0.05) is 6.54 Å². The zero-order valence-electron chi connectivity index (χ0n) is 10.6. The van der Waals surface area contributed by atoms with E-state index in [1.54, 1.807) is 19.1 Å². The number of aryl methyl sites for hydroxylation is 1. The Balaban J connectivity index is 2.04. The summed E-state index contributed by atoms with van der Waals surface area (Å²) in [6, 6.07) is 8.50. The van der Waals surface area contributed by atoms with Crippen LogP contribution in [-0.4, -0.2) is 4.98 Å². The van der Waals surface area contributed by atoms with Gasteiger partial charge in [0.05, 0.1) is 16.9 Å². The number of anilines is 1. The molecule has 0 spiro atoms. The highest BCUT2D eigenvalue weighted by atomic mass is 35.5. The number of halogens is 4. The fourth-order valence-corrected chi connectivity index (χ4v) is 1.92. The van der Waals surface area contributed by atoms with Gasteiger partial charge in [-0.2, -0.15) is 13.2 Å². The molecule has 0 aliphatic heterocycles. The first-order valence-electron chi connectivity index (χ1n) is 5.89. The second-order valence-electron chi connectivity index (χ2n) is 4.32. The Morgan fingerprint density at radius 3 is 2.30 bits per heavy atom. The molecular formula is C14H12ClF3N2. The van der Waals surface area contributed by atoms with Gasteiger partial charge in [0.1, 0.15) is 5.15 Å². The number of alkyl halides is 3. The van der Waals surface area contributed by atoms with Crippen molar-refractivity contribution in [1.82, 2.24) is 4.98 Å². The lowest BCUT2D eigenvalue weighted by Crippen LogP contribution is -2.06. The van der Waals surface area contributed by atoms with Gasteiger partial charge in [0.25, 0.3) is 0 Å². The second-order valence-corrected chi connectivity index (χ2v) is 4.70. The minimum atomic E-state index is -4.30. The SMILES string of the molecule is Cc1nc(Cl)ccc1NCc1ccc(C(F)(F)F)cc1. The third kappa shape index (κ3) is 3.63. The molecule has 0 amide bonds. The largest absolute Gasteiger partial charge is 0.416 e. The van der Waals surface area contributed by atoms with E-state index >= 15 is 0 Å². The summed E-state index contributed by atoms with van der Waals surface area (Å²) in [5, 5.41) is 3.52. The predicted octanol–water partition coefficient (Wildman–Crippen LogP) is 4.67. The lowest BCUT2D eigenvalue weighted by atomic mass is 10.1. The Kier molecular flexibility index (Phi) is 4.18. The van der Waals surface area contributed by atoms with Gasteiger partial charge in [-0.1, -0.05) is 23.7 Å². The molecule has 0 unspecified atom stereocenters. The van der Waals surface area contributed by atoms with E-state index in [0.29, 0.717) is 11.7 Å². The van der Waals surface area contributed by atoms with Crippen molar-refractivity contribution in [2.24, 2.45) is 0 Å². The highest BCUT2D eigenvalue weighted by Gasteiger charge is 2.29. The van der Waals surface area contributed by atoms with E-state index in [9.17, 15) is 13.2 Å². The minimum absolute atomic E-state index is 0.405. The van der Waals surface area contributed by atoms with Gasteiger partial charge in [0.15, 0.2) is 0 Å². The van der Waals surface area contributed by atoms with Crippen LogP contribution in [-0.2, 0) is 12.7 Å². The van der Waals surface area contributed by atoms with Crippen LogP contribution in [0, 0.1) is 6.92 Å². The average Bonchev–Trinajstić information content (AvgIpc) is 2.37. The molecule has 0 saturated heterocycles. The third-order valence-corrected chi connectivity index (χ3v) is 3.03.